The molecular formula is C35H50O13. The highest BCUT2D eigenvalue weighted by atomic mass is 16.7. The first kappa shape index (κ1) is 37.3. The van der Waals surface area contributed by atoms with Crippen molar-refractivity contribution in [1.29, 1.82) is 0 Å². The molecule has 4 aliphatic rings. The molecule has 0 aromatic heterocycles. The highest BCUT2D eigenvalue weighted by Crippen LogP contribution is 2.66. The zero-order valence-corrected chi connectivity index (χ0v) is 29.6. The molecule has 2 saturated heterocycles. The van der Waals surface area contributed by atoms with E-state index in [9.17, 15) is 28.8 Å². The van der Waals surface area contributed by atoms with Crippen molar-refractivity contribution in [2.75, 3.05) is 0 Å². The molecule has 1 unspecified atom stereocenters. The van der Waals surface area contributed by atoms with Gasteiger partial charge in [0, 0.05) is 58.3 Å². The van der Waals surface area contributed by atoms with Crippen molar-refractivity contribution in [3.8, 4) is 0 Å². The molecule has 0 amide bonds. The van der Waals surface area contributed by atoms with Crippen LogP contribution >= 0.6 is 0 Å². The van der Waals surface area contributed by atoms with Crippen LogP contribution in [-0.2, 0) is 61.9 Å². The number of ether oxygens (including phenoxy) is 7. The van der Waals surface area contributed by atoms with Crippen molar-refractivity contribution in [3.63, 3.8) is 0 Å². The molecule has 1 spiro atoms. The Balaban J connectivity index is 2.05. The lowest BCUT2D eigenvalue weighted by Crippen LogP contribution is -2.68. The van der Waals surface area contributed by atoms with E-state index in [1.54, 1.807) is 33.8 Å². The average molecular weight is 679 g/mol. The quantitative estimate of drug-likeness (QED) is 0.149. The third-order valence-electron chi connectivity index (χ3n) is 10.3. The summed E-state index contributed by atoms with van der Waals surface area (Å²) in [7, 11) is 0. The summed E-state index contributed by atoms with van der Waals surface area (Å²) in [6, 6.07) is 0. The van der Waals surface area contributed by atoms with Gasteiger partial charge in [-0.2, -0.15) is 0 Å². The smallest absolute Gasteiger partial charge is 0.342 e. The molecule has 1 saturated carbocycles. The normalized spacial score (nSPS) is 39.6. The Morgan fingerprint density at radius 3 is 2.02 bits per heavy atom. The fourth-order valence-corrected chi connectivity index (χ4v) is 8.23. The second-order valence-electron chi connectivity index (χ2n) is 14.5. The molecule has 4 rings (SSSR count). The maximum absolute atomic E-state index is 13.4. The number of carbonyl (C=O) groups is 6. The van der Waals surface area contributed by atoms with Gasteiger partial charge < -0.3 is 33.2 Å². The molecule has 3 fully saturated rings. The van der Waals surface area contributed by atoms with Gasteiger partial charge in [-0.1, -0.05) is 40.2 Å². The van der Waals surface area contributed by atoms with Crippen molar-refractivity contribution in [1.82, 2.24) is 0 Å². The van der Waals surface area contributed by atoms with Crippen LogP contribution in [0.1, 0.15) is 101 Å². The van der Waals surface area contributed by atoms with Crippen LogP contribution in [0.2, 0.25) is 0 Å². The Morgan fingerprint density at radius 2 is 1.48 bits per heavy atom. The van der Waals surface area contributed by atoms with Gasteiger partial charge in [0.1, 0.15) is 30.5 Å². The topological polar surface area (TPSA) is 170 Å². The molecule has 268 valence electrons. The summed E-state index contributed by atoms with van der Waals surface area (Å²) in [5.74, 6) is -5.37. The van der Waals surface area contributed by atoms with E-state index in [2.05, 4.69) is 0 Å². The summed E-state index contributed by atoms with van der Waals surface area (Å²) in [5, 5.41) is 0. The van der Waals surface area contributed by atoms with Crippen LogP contribution in [0, 0.1) is 23.2 Å². The second kappa shape index (κ2) is 13.8. The van der Waals surface area contributed by atoms with Crippen LogP contribution in [0.15, 0.2) is 11.6 Å². The monoisotopic (exact) mass is 678 g/mol. The Hall–Kier alpha value is -3.48. The number of esters is 6. The highest BCUT2D eigenvalue weighted by Gasteiger charge is 2.87. The van der Waals surface area contributed by atoms with Gasteiger partial charge in [0.05, 0.1) is 5.41 Å². The van der Waals surface area contributed by atoms with Crippen LogP contribution in [0.3, 0.4) is 0 Å². The maximum Gasteiger partial charge on any atom is 0.342 e. The third kappa shape index (κ3) is 6.71. The molecule has 13 nitrogen and oxygen atoms in total. The predicted molar refractivity (Wildman–Crippen MR) is 167 cm³/mol. The van der Waals surface area contributed by atoms with Gasteiger partial charge in [-0.25, -0.2) is 4.79 Å². The van der Waals surface area contributed by atoms with E-state index in [0.717, 1.165) is 0 Å². The highest BCUT2D eigenvalue weighted by molar-refractivity contribution is 5.89. The zero-order valence-electron chi connectivity index (χ0n) is 29.6. The van der Waals surface area contributed by atoms with Gasteiger partial charge in [0.25, 0.3) is 0 Å². The summed E-state index contributed by atoms with van der Waals surface area (Å²) in [4.78, 5) is 78.3. The van der Waals surface area contributed by atoms with Gasteiger partial charge >= 0.3 is 35.8 Å². The molecule has 2 aliphatic heterocycles. The summed E-state index contributed by atoms with van der Waals surface area (Å²) < 4.78 is 42.5. The molecule has 2 aliphatic carbocycles. The lowest BCUT2D eigenvalue weighted by molar-refractivity contribution is -0.248. The molecule has 13 heteroatoms. The third-order valence-corrected chi connectivity index (χ3v) is 10.3. The first-order chi connectivity index (χ1) is 22.3. The number of hydrogen-bond donors (Lipinski definition) is 0. The molecule has 0 bridgehead atoms. The van der Waals surface area contributed by atoms with Crippen molar-refractivity contribution < 1.29 is 61.9 Å². The Kier molecular flexibility index (Phi) is 10.7. The van der Waals surface area contributed by atoms with E-state index < -0.39 is 101 Å². The Labute approximate surface area is 281 Å². The fraction of sp³-hybridized carbons (Fsp3) is 0.771. The molecular weight excluding hydrogens is 628 g/mol. The summed E-state index contributed by atoms with van der Waals surface area (Å²) in [6.45, 7) is 16.1. The molecule has 0 aromatic carbocycles. The van der Waals surface area contributed by atoms with Gasteiger partial charge in [-0.15, -0.1) is 0 Å². The Morgan fingerprint density at radius 1 is 0.896 bits per heavy atom. The van der Waals surface area contributed by atoms with Crippen LogP contribution < -0.4 is 0 Å². The van der Waals surface area contributed by atoms with E-state index in [0.29, 0.717) is 12.0 Å². The number of hydrogen-bond acceptors (Lipinski definition) is 13. The molecule has 0 N–H and O–H groups in total. The fourth-order valence-electron chi connectivity index (χ4n) is 8.23. The minimum absolute atomic E-state index is 0.00261. The number of rotatable bonds is 9. The van der Waals surface area contributed by atoms with Crippen molar-refractivity contribution in [3.05, 3.63) is 11.6 Å². The molecule has 0 aromatic rings. The van der Waals surface area contributed by atoms with Crippen LogP contribution in [0.4, 0.5) is 0 Å². The Bertz CT molecular complexity index is 1350. The van der Waals surface area contributed by atoms with E-state index in [4.69, 9.17) is 33.2 Å². The van der Waals surface area contributed by atoms with Gasteiger partial charge in [0.2, 0.25) is 0 Å². The van der Waals surface area contributed by atoms with Crippen LogP contribution in [0.5, 0.6) is 0 Å². The SMILES string of the molecule is CCCC(=O)O[C@H]1C/C(C)=C\[C@@H]2OC(=O)[C@]3(C)O[C@@]23C(OC(C)=O)[C@H]2[C@@H](C)[C@@H](OC(=O)CC(C)C)C[C@H](OC(C)=O)[C@]2(C)[C@H]1OC(C)=O. The standard InChI is InChI=1S/C35H50O13/c1-11-12-27(39)46-24-14-18(4)15-26-35(34(10,48-35)32(41)47-26)31(44-22(8)38)29-19(5)23(45-28(40)13-17(2)3)16-25(42-20(6)36)33(29,9)30(24)43-21(7)37/h15,17,19,23-26,29-31H,11-14,16H2,1-10H3/b18-15-/t19-,23-,24-,25-,26-,29+,30-,31?,33-,34-,35+/m0/s1. The van der Waals surface area contributed by atoms with E-state index in [1.807, 2.05) is 20.8 Å². The molecule has 11 atom stereocenters. The first-order valence-corrected chi connectivity index (χ1v) is 16.8. The number of epoxide rings is 1. The minimum Gasteiger partial charge on any atom is -0.462 e. The largest absolute Gasteiger partial charge is 0.462 e. The lowest BCUT2D eigenvalue weighted by atomic mass is 9.52. The number of fused-ring (bicyclic) bond motifs is 1. The maximum atomic E-state index is 13.4. The van der Waals surface area contributed by atoms with Crippen molar-refractivity contribution in [2.45, 2.75) is 149 Å². The van der Waals surface area contributed by atoms with E-state index >= 15 is 0 Å². The summed E-state index contributed by atoms with van der Waals surface area (Å²) >= 11 is 0. The average Bonchev–Trinajstić information content (AvgIpc) is 3.53. The summed E-state index contributed by atoms with van der Waals surface area (Å²) in [5.41, 5.74) is -3.91. The van der Waals surface area contributed by atoms with Crippen molar-refractivity contribution in [2.24, 2.45) is 23.2 Å². The predicted octanol–water partition coefficient (Wildman–Crippen LogP) is 3.92. The minimum atomic E-state index is -1.53. The van der Waals surface area contributed by atoms with Crippen LogP contribution in [-0.4, -0.2) is 83.6 Å². The van der Waals surface area contributed by atoms with Gasteiger partial charge in [0.15, 0.2) is 17.3 Å². The molecule has 2 heterocycles. The molecule has 0 radical (unpaired) electrons. The zero-order chi connectivity index (χ0) is 35.9. The van der Waals surface area contributed by atoms with E-state index in [1.165, 1.54) is 20.8 Å². The number of carbonyl (C=O) groups excluding carboxylic acids is 6. The van der Waals surface area contributed by atoms with E-state index in [-0.39, 0.29) is 31.6 Å². The van der Waals surface area contributed by atoms with Gasteiger partial charge in [-0.05, 0) is 32.3 Å². The summed E-state index contributed by atoms with van der Waals surface area (Å²) in [6.07, 6.45) is -4.21. The molecule has 48 heavy (non-hydrogen) atoms. The van der Waals surface area contributed by atoms with Crippen LogP contribution in [0.25, 0.3) is 0 Å². The van der Waals surface area contributed by atoms with Gasteiger partial charge in [-0.3, -0.25) is 24.0 Å². The van der Waals surface area contributed by atoms with Crippen molar-refractivity contribution >= 4 is 35.8 Å². The first-order valence-electron chi connectivity index (χ1n) is 16.8. The lowest BCUT2D eigenvalue weighted by Gasteiger charge is -2.57. The second-order valence-corrected chi connectivity index (χ2v) is 14.5.